The molecule has 1 saturated heterocycles. The summed E-state index contributed by atoms with van der Waals surface area (Å²) in [6.45, 7) is 3.84. The lowest BCUT2D eigenvalue weighted by Crippen LogP contribution is -2.29. The first-order valence-electron chi connectivity index (χ1n) is 10.4. The molecule has 3 aromatic rings. The summed E-state index contributed by atoms with van der Waals surface area (Å²) in [6, 6.07) is 16.7. The van der Waals surface area contributed by atoms with Crippen LogP contribution in [0.2, 0.25) is 5.02 Å². The number of Topliss-reactive ketones (excluding diaryl/α,β-unsaturated/α-hetero) is 1. The van der Waals surface area contributed by atoms with Gasteiger partial charge in [0.25, 0.3) is 11.7 Å². The molecule has 0 bridgehead atoms. The van der Waals surface area contributed by atoms with Gasteiger partial charge in [0.2, 0.25) is 6.79 Å². The van der Waals surface area contributed by atoms with Crippen LogP contribution in [0.5, 0.6) is 11.5 Å². The van der Waals surface area contributed by atoms with Gasteiger partial charge in [0.15, 0.2) is 11.5 Å². The fourth-order valence-corrected chi connectivity index (χ4v) is 4.36. The quantitative estimate of drug-likeness (QED) is 0.325. The average molecular weight is 462 g/mol. The minimum absolute atomic E-state index is 0.0219. The van der Waals surface area contributed by atoms with Crippen molar-refractivity contribution in [2.24, 2.45) is 0 Å². The summed E-state index contributed by atoms with van der Waals surface area (Å²) in [5, 5.41) is 11.9. The van der Waals surface area contributed by atoms with Gasteiger partial charge in [-0.2, -0.15) is 0 Å². The average Bonchev–Trinajstić information content (AvgIpc) is 3.37. The number of aliphatic hydroxyl groups excluding tert-OH is 1. The Kier molecular flexibility index (Phi) is 5.10. The highest BCUT2D eigenvalue weighted by Gasteiger charge is 2.47. The summed E-state index contributed by atoms with van der Waals surface area (Å²) in [5.41, 5.74) is 3.35. The molecule has 0 saturated carbocycles. The summed E-state index contributed by atoms with van der Waals surface area (Å²) in [5.74, 6) is -0.656. The number of fused-ring (bicyclic) bond motifs is 1. The largest absolute Gasteiger partial charge is 0.507 e. The number of nitrogens with zero attached hydrogens (tertiary/aromatic N) is 1. The number of hydrogen-bond acceptors (Lipinski definition) is 5. The zero-order valence-electron chi connectivity index (χ0n) is 18.0. The van der Waals surface area contributed by atoms with Crippen molar-refractivity contribution in [1.29, 1.82) is 0 Å². The molecule has 166 valence electrons. The van der Waals surface area contributed by atoms with Crippen molar-refractivity contribution in [3.05, 3.63) is 93.5 Å². The molecule has 0 spiro atoms. The number of anilines is 1. The van der Waals surface area contributed by atoms with Gasteiger partial charge in [-0.15, -0.1) is 0 Å². The topological polar surface area (TPSA) is 76.1 Å². The maximum absolute atomic E-state index is 13.3. The molecule has 1 amide bonds. The van der Waals surface area contributed by atoms with Gasteiger partial charge in [-0.3, -0.25) is 14.5 Å². The standard InChI is InChI=1S/C26H20ClNO5/c1-14-3-4-15(2)19(11-14)24(29)22-23(16-5-7-17(27)8-6-16)28(26(31)25(22)30)18-9-10-20-21(12-18)33-13-32-20/h3-12,23,29H,13H2,1-2H3/b24-22+. The molecule has 0 aromatic heterocycles. The van der Waals surface area contributed by atoms with E-state index in [0.29, 0.717) is 33.3 Å². The van der Waals surface area contributed by atoms with Crippen molar-refractivity contribution in [2.75, 3.05) is 11.7 Å². The third kappa shape index (κ3) is 3.52. The highest BCUT2D eigenvalue weighted by Crippen LogP contribution is 2.45. The number of carbonyl (C=O) groups is 2. The second-order valence-electron chi connectivity index (χ2n) is 8.08. The van der Waals surface area contributed by atoms with Gasteiger partial charge in [-0.1, -0.05) is 41.4 Å². The second-order valence-corrected chi connectivity index (χ2v) is 8.51. The summed E-state index contributed by atoms with van der Waals surface area (Å²) < 4.78 is 10.8. The molecule has 7 heteroatoms. The third-order valence-corrected chi connectivity index (χ3v) is 6.16. The number of aliphatic hydroxyl groups is 1. The Morgan fingerprint density at radius 2 is 1.70 bits per heavy atom. The van der Waals surface area contributed by atoms with Gasteiger partial charge in [0.05, 0.1) is 11.6 Å². The van der Waals surface area contributed by atoms with Crippen molar-refractivity contribution < 1.29 is 24.2 Å². The lowest BCUT2D eigenvalue weighted by molar-refractivity contribution is -0.132. The normalized spacial score (nSPS) is 18.8. The van der Waals surface area contributed by atoms with Crippen molar-refractivity contribution >= 4 is 34.7 Å². The highest BCUT2D eigenvalue weighted by molar-refractivity contribution is 6.51. The number of hydrogen-bond donors (Lipinski definition) is 1. The van der Waals surface area contributed by atoms with Gasteiger partial charge in [-0.25, -0.2) is 0 Å². The molecule has 2 heterocycles. The first kappa shape index (κ1) is 21.1. The van der Waals surface area contributed by atoms with E-state index in [4.69, 9.17) is 21.1 Å². The molecular formula is C26H20ClNO5. The summed E-state index contributed by atoms with van der Waals surface area (Å²) in [6.07, 6.45) is 0. The van der Waals surface area contributed by atoms with Gasteiger partial charge < -0.3 is 14.6 Å². The Labute approximate surface area is 195 Å². The van der Waals surface area contributed by atoms with Crippen molar-refractivity contribution in [2.45, 2.75) is 19.9 Å². The molecule has 0 aliphatic carbocycles. The molecule has 1 atom stereocenters. The summed E-state index contributed by atoms with van der Waals surface area (Å²) in [7, 11) is 0. The van der Waals surface area contributed by atoms with Gasteiger partial charge >= 0.3 is 0 Å². The Morgan fingerprint density at radius 3 is 2.45 bits per heavy atom. The van der Waals surface area contributed by atoms with Crippen LogP contribution < -0.4 is 14.4 Å². The number of halogens is 1. The number of aryl methyl sites for hydroxylation is 2. The predicted molar refractivity (Wildman–Crippen MR) is 125 cm³/mol. The van der Waals surface area contributed by atoms with Crippen LogP contribution in [0.4, 0.5) is 5.69 Å². The van der Waals surface area contributed by atoms with E-state index >= 15 is 0 Å². The Bertz CT molecular complexity index is 1330. The SMILES string of the molecule is Cc1ccc(C)c(/C(O)=C2\C(=O)C(=O)N(c3ccc4c(c3)OCO4)C2c2ccc(Cl)cc2)c1. The number of benzene rings is 3. The van der Waals surface area contributed by atoms with Crippen LogP contribution >= 0.6 is 11.6 Å². The van der Waals surface area contributed by atoms with Gasteiger partial charge in [0, 0.05) is 22.3 Å². The van der Waals surface area contributed by atoms with Crippen LogP contribution in [0, 0.1) is 13.8 Å². The van der Waals surface area contributed by atoms with Crippen molar-refractivity contribution in [1.82, 2.24) is 0 Å². The number of ether oxygens (including phenoxy) is 2. The fourth-order valence-electron chi connectivity index (χ4n) is 4.23. The number of amides is 1. The Balaban J connectivity index is 1.73. The predicted octanol–water partition coefficient (Wildman–Crippen LogP) is 5.31. The lowest BCUT2D eigenvalue weighted by atomic mass is 9.93. The van der Waals surface area contributed by atoms with E-state index in [-0.39, 0.29) is 18.1 Å². The van der Waals surface area contributed by atoms with Gasteiger partial charge in [0.1, 0.15) is 5.76 Å². The zero-order chi connectivity index (χ0) is 23.3. The molecule has 2 aliphatic heterocycles. The number of ketones is 1. The van der Waals surface area contributed by atoms with Crippen LogP contribution in [0.1, 0.15) is 28.3 Å². The minimum Gasteiger partial charge on any atom is -0.507 e. The van der Waals surface area contributed by atoms with E-state index in [1.165, 1.54) is 4.90 Å². The first-order chi connectivity index (χ1) is 15.8. The third-order valence-electron chi connectivity index (χ3n) is 5.91. The highest BCUT2D eigenvalue weighted by atomic mass is 35.5. The van der Waals surface area contributed by atoms with E-state index in [1.807, 2.05) is 26.0 Å². The van der Waals surface area contributed by atoms with Crippen LogP contribution in [0.25, 0.3) is 5.76 Å². The van der Waals surface area contributed by atoms with Crippen molar-refractivity contribution in [3.63, 3.8) is 0 Å². The molecule has 1 N–H and O–H groups in total. The molecular weight excluding hydrogens is 442 g/mol. The molecule has 5 rings (SSSR count). The monoisotopic (exact) mass is 461 g/mol. The van der Waals surface area contributed by atoms with E-state index < -0.39 is 17.7 Å². The number of rotatable bonds is 3. The summed E-state index contributed by atoms with van der Waals surface area (Å²) >= 11 is 6.09. The van der Waals surface area contributed by atoms with Crippen LogP contribution in [-0.4, -0.2) is 23.6 Å². The Hall–Kier alpha value is -3.77. The molecule has 3 aromatic carbocycles. The second kappa shape index (κ2) is 7.98. The molecule has 2 aliphatic rings. The molecule has 6 nitrogen and oxygen atoms in total. The lowest BCUT2D eigenvalue weighted by Gasteiger charge is -2.25. The van der Waals surface area contributed by atoms with E-state index in [2.05, 4.69) is 0 Å². The fraction of sp³-hybridized carbons (Fsp3) is 0.154. The molecule has 0 radical (unpaired) electrons. The van der Waals surface area contributed by atoms with Crippen LogP contribution in [-0.2, 0) is 9.59 Å². The van der Waals surface area contributed by atoms with Crippen LogP contribution in [0.3, 0.4) is 0 Å². The first-order valence-corrected chi connectivity index (χ1v) is 10.8. The van der Waals surface area contributed by atoms with E-state index in [1.54, 1.807) is 48.5 Å². The molecule has 1 unspecified atom stereocenters. The minimum atomic E-state index is -0.845. The maximum atomic E-state index is 13.3. The summed E-state index contributed by atoms with van der Waals surface area (Å²) in [4.78, 5) is 28.0. The maximum Gasteiger partial charge on any atom is 0.300 e. The van der Waals surface area contributed by atoms with E-state index in [9.17, 15) is 14.7 Å². The zero-order valence-corrected chi connectivity index (χ0v) is 18.7. The van der Waals surface area contributed by atoms with Crippen LogP contribution in [0.15, 0.2) is 66.2 Å². The smallest absolute Gasteiger partial charge is 0.300 e. The van der Waals surface area contributed by atoms with Gasteiger partial charge in [-0.05, 0) is 55.3 Å². The number of carbonyl (C=O) groups excluding carboxylic acids is 2. The molecule has 33 heavy (non-hydrogen) atoms. The van der Waals surface area contributed by atoms with Crippen molar-refractivity contribution in [3.8, 4) is 11.5 Å². The van der Waals surface area contributed by atoms with E-state index in [0.717, 1.165) is 11.1 Å². The molecule has 1 fully saturated rings. The Morgan fingerprint density at radius 1 is 0.970 bits per heavy atom.